The van der Waals surface area contributed by atoms with Gasteiger partial charge in [0.25, 0.3) is 0 Å². The average molecular weight is 270 g/mol. The van der Waals surface area contributed by atoms with E-state index in [9.17, 15) is 4.79 Å². The molecular weight excluding hydrogens is 248 g/mol. The molecule has 1 aromatic rings. The molecule has 1 heterocycles. The number of nitrogens with zero attached hydrogens (tertiary/aromatic N) is 1. The van der Waals surface area contributed by atoms with Crippen LogP contribution >= 0.6 is 11.3 Å². The van der Waals surface area contributed by atoms with Crippen LogP contribution in [0.2, 0.25) is 0 Å². The summed E-state index contributed by atoms with van der Waals surface area (Å²) < 4.78 is 5.21. The first-order valence-electron chi connectivity index (χ1n) is 6.14. The number of hydrogen-bond acceptors (Lipinski definition) is 4. The third kappa shape index (κ3) is 4.64. The number of alkyl carbamates (subject to hydrolysis) is 1. The zero-order chi connectivity index (χ0) is 13.9. The predicted octanol–water partition coefficient (Wildman–Crippen LogP) is 3.85. The fourth-order valence-electron chi connectivity index (χ4n) is 1.32. The second-order valence-corrected chi connectivity index (χ2v) is 6.52. The van der Waals surface area contributed by atoms with Gasteiger partial charge in [-0.2, -0.15) is 0 Å². The number of aromatic nitrogens is 1. The maximum absolute atomic E-state index is 11.6. The van der Waals surface area contributed by atoms with E-state index < -0.39 is 11.7 Å². The molecule has 0 fully saturated rings. The monoisotopic (exact) mass is 270 g/mol. The smallest absolute Gasteiger partial charge is 0.408 e. The summed E-state index contributed by atoms with van der Waals surface area (Å²) in [5.74, 6) is 0.414. The normalized spacial score (nSPS) is 13.5. The molecule has 102 valence electrons. The van der Waals surface area contributed by atoms with Gasteiger partial charge in [-0.15, -0.1) is 11.3 Å². The largest absolute Gasteiger partial charge is 0.444 e. The SMILES string of the molecule is CC(C)c1nc(C(C)NC(=O)OC(C)(C)C)cs1. The summed E-state index contributed by atoms with van der Waals surface area (Å²) in [7, 11) is 0. The maximum atomic E-state index is 11.6. The first-order chi connectivity index (χ1) is 8.19. The standard InChI is InChI=1S/C13H22N2O2S/c1-8(2)11-15-10(7-18-11)9(3)14-12(16)17-13(4,5)6/h7-9H,1-6H3,(H,14,16). The first kappa shape index (κ1) is 15.0. The summed E-state index contributed by atoms with van der Waals surface area (Å²) in [6.07, 6.45) is -0.408. The van der Waals surface area contributed by atoms with Gasteiger partial charge < -0.3 is 10.1 Å². The van der Waals surface area contributed by atoms with Gasteiger partial charge in [-0.25, -0.2) is 9.78 Å². The Hall–Kier alpha value is -1.10. The van der Waals surface area contributed by atoms with Gasteiger partial charge in [-0.05, 0) is 27.7 Å². The second-order valence-electron chi connectivity index (χ2n) is 5.63. The van der Waals surface area contributed by atoms with Crippen LogP contribution in [0.25, 0.3) is 0 Å². The molecular formula is C13H22N2O2S. The Morgan fingerprint density at radius 2 is 2.00 bits per heavy atom. The van der Waals surface area contributed by atoms with Gasteiger partial charge in [-0.1, -0.05) is 13.8 Å². The summed E-state index contributed by atoms with van der Waals surface area (Å²) in [6.45, 7) is 11.6. The van der Waals surface area contributed by atoms with Crippen LogP contribution in [0.15, 0.2) is 5.38 Å². The number of thiazole rings is 1. The number of carbonyl (C=O) groups excluding carboxylic acids is 1. The van der Waals surface area contributed by atoms with Crippen molar-refractivity contribution in [1.82, 2.24) is 10.3 Å². The van der Waals surface area contributed by atoms with Crippen LogP contribution in [0, 0.1) is 0 Å². The van der Waals surface area contributed by atoms with Crippen molar-refractivity contribution < 1.29 is 9.53 Å². The zero-order valence-electron chi connectivity index (χ0n) is 11.9. The van der Waals surface area contributed by atoms with E-state index in [1.807, 2.05) is 33.1 Å². The van der Waals surface area contributed by atoms with E-state index in [2.05, 4.69) is 24.1 Å². The lowest BCUT2D eigenvalue weighted by atomic mass is 10.2. The summed E-state index contributed by atoms with van der Waals surface area (Å²) >= 11 is 1.62. The molecule has 0 spiro atoms. The Kier molecular flexibility index (Phi) is 4.73. The van der Waals surface area contributed by atoms with E-state index in [-0.39, 0.29) is 6.04 Å². The molecule has 0 saturated carbocycles. The van der Waals surface area contributed by atoms with Gasteiger partial charge in [0.05, 0.1) is 16.7 Å². The molecule has 1 N–H and O–H groups in total. The van der Waals surface area contributed by atoms with E-state index in [1.54, 1.807) is 11.3 Å². The van der Waals surface area contributed by atoms with Crippen molar-refractivity contribution in [3.8, 4) is 0 Å². The highest BCUT2D eigenvalue weighted by Gasteiger charge is 2.19. The third-order valence-electron chi connectivity index (χ3n) is 2.21. The van der Waals surface area contributed by atoms with Crippen molar-refractivity contribution in [2.75, 3.05) is 0 Å². The lowest BCUT2D eigenvalue weighted by Gasteiger charge is -2.21. The lowest BCUT2D eigenvalue weighted by Crippen LogP contribution is -2.34. The molecule has 1 rings (SSSR count). The van der Waals surface area contributed by atoms with Gasteiger partial charge in [-0.3, -0.25) is 0 Å². The fraction of sp³-hybridized carbons (Fsp3) is 0.692. The highest BCUT2D eigenvalue weighted by Crippen LogP contribution is 2.22. The maximum Gasteiger partial charge on any atom is 0.408 e. The van der Waals surface area contributed by atoms with Crippen LogP contribution in [0.4, 0.5) is 4.79 Å². The van der Waals surface area contributed by atoms with Gasteiger partial charge >= 0.3 is 6.09 Å². The van der Waals surface area contributed by atoms with E-state index in [1.165, 1.54) is 0 Å². The average Bonchev–Trinajstić information content (AvgIpc) is 2.62. The van der Waals surface area contributed by atoms with Crippen LogP contribution < -0.4 is 5.32 Å². The molecule has 0 radical (unpaired) electrons. The van der Waals surface area contributed by atoms with E-state index >= 15 is 0 Å². The number of carbonyl (C=O) groups is 1. The molecule has 0 aliphatic carbocycles. The molecule has 1 aromatic heterocycles. The van der Waals surface area contributed by atoms with Crippen LogP contribution in [0.1, 0.15) is 64.2 Å². The van der Waals surface area contributed by atoms with E-state index in [0.717, 1.165) is 10.7 Å². The molecule has 5 heteroatoms. The molecule has 0 aromatic carbocycles. The van der Waals surface area contributed by atoms with Crippen molar-refractivity contribution in [3.05, 3.63) is 16.1 Å². The molecule has 1 atom stereocenters. The molecule has 0 bridgehead atoms. The Morgan fingerprint density at radius 1 is 1.39 bits per heavy atom. The van der Waals surface area contributed by atoms with Gasteiger partial charge in [0.1, 0.15) is 5.60 Å². The summed E-state index contributed by atoms with van der Waals surface area (Å²) in [6, 6.07) is -0.136. The second kappa shape index (κ2) is 5.69. The fourth-order valence-corrected chi connectivity index (χ4v) is 2.25. The first-order valence-corrected chi connectivity index (χ1v) is 7.02. The number of rotatable bonds is 3. The summed E-state index contributed by atoms with van der Waals surface area (Å²) in [4.78, 5) is 16.1. The van der Waals surface area contributed by atoms with Crippen molar-refractivity contribution in [2.24, 2.45) is 0 Å². The Morgan fingerprint density at radius 3 is 2.44 bits per heavy atom. The van der Waals surface area contributed by atoms with E-state index in [0.29, 0.717) is 5.92 Å². The summed E-state index contributed by atoms with van der Waals surface area (Å²) in [5.41, 5.74) is 0.407. The molecule has 1 unspecified atom stereocenters. The van der Waals surface area contributed by atoms with Crippen molar-refractivity contribution >= 4 is 17.4 Å². The topological polar surface area (TPSA) is 51.2 Å². The molecule has 0 aliphatic heterocycles. The molecule has 4 nitrogen and oxygen atoms in total. The van der Waals surface area contributed by atoms with Gasteiger partial charge in [0.2, 0.25) is 0 Å². The van der Waals surface area contributed by atoms with Gasteiger partial charge in [0.15, 0.2) is 0 Å². The molecule has 0 saturated heterocycles. The van der Waals surface area contributed by atoms with Crippen molar-refractivity contribution in [1.29, 1.82) is 0 Å². The van der Waals surface area contributed by atoms with E-state index in [4.69, 9.17) is 4.74 Å². The number of nitrogens with one attached hydrogen (secondary N) is 1. The zero-order valence-corrected chi connectivity index (χ0v) is 12.7. The lowest BCUT2D eigenvalue weighted by molar-refractivity contribution is 0.0507. The third-order valence-corrected chi connectivity index (χ3v) is 3.37. The Labute approximate surface area is 113 Å². The molecule has 1 amide bonds. The molecule has 18 heavy (non-hydrogen) atoms. The van der Waals surface area contributed by atoms with Crippen molar-refractivity contribution in [2.45, 2.75) is 59.1 Å². The summed E-state index contributed by atoms with van der Waals surface area (Å²) in [5, 5.41) is 5.86. The quantitative estimate of drug-likeness (QED) is 0.907. The Balaban J connectivity index is 2.59. The number of hydrogen-bond donors (Lipinski definition) is 1. The minimum atomic E-state index is -0.477. The minimum absolute atomic E-state index is 0.136. The molecule has 0 aliphatic rings. The van der Waals surface area contributed by atoms with Crippen LogP contribution in [-0.4, -0.2) is 16.7 Å². The minimum Gasteiger partial charge on any atom is -0.444 e. The highest BCUT2D eigenvalue weighted by molar-refractivity contribution is 7.09. The van der Waals surface area contributed by atoms with Gasteiger partial charge in [0, 0.05) is 11.3 Å². The Bertz CT molecular complexity index is 407. The van der Waals surface area contributed by atoms with Crippen LogP contribution in [0.5, 0.6) is 0 Å². The highest BCUT2D eigenvalue weighted by atomic mass is 32.1. The van der Waals surface area contributed by atoms with Crippen molar-refractivity contribution in [3.63, 3.8) is 0 Å². The number of amides is 1. The van der Waals surface area contributed by atoms with Crippen LogP contribution in [-0.2, 0) is 4.74 Å². The predicted molar refractivity (Wildman–Crippen MR) is 74.0 cm³/mol. The number of ether oxygens (including phenoxy) is 1. The van der Waals surface area contributed by atoms with Crippen LogP contribution in [0.3, 0.4) is 0 Å².